The topological polar surface area (TPSA) is 288 Å². The maximum atomic E-state index is 15.2. The summed E-state index contributed by atoms with van der Waals surface area (Å²) in [7, 11) is -5.15. The van der Waals surface area contributed by atoms with Crippen molar-refractivity contribution in [3.63, 3.8) is 0 Å². The van der Waals surface area contributed by atoms with Crippen LogP contribution in [-0.2, 0) is 44.3 Å². The fraction of sp³-hybridized carbons (Fsp3) is 0.392. The minimum Gasteiger partial charge on any atom is -0.455 e. The summed E-state index contributed by atoms with van der Waals surface area (Å²) in [4.78, 5) is 91.6. The van der Waals surface area contributed by atoms with Gasteiger partial charge in [-0.25, -0.2) is 14.2 Å². The Morgan fingerprint density at radius 2 is 1.49 bits per heavy atom. The molecule has 3 aliphatic carbocycles. The van der Waals surface area contributed by atoms with E-state index in [2.05, 4.69) is 5.32 Å². The van der Waals surface area contributed by atoms with Crippen LogP contribution in [0.25, 0.3) is 0 Å². The van der Waals surface area contributed by atoms with Crippen LogP contribution in [0.2, 0.25) is 0 Å². The van der Waals surface area contributed by atoms with Crippen LogP contribution >= 0.6 is 7.82 Å². The molecule has 8 unspecified atom stereocenters. The molecule has 0 spiro atoms. The quantitative estimate of drug-likeness (QED) is 0.0320. The number of carbonyl (C=O) groups is 5. The van der Waals surface area contributed by atoms with Crippen LogP contribution < -0.4 is 15.6 Å². The Hall–Kier alpha value is -4.80. The number of nitrogens with one attached hydrogen (secondary N) is 1. The first kappa shape index (κ1) is 54.0. The number of amides is 1. The van der Waals surface area contributed by atoms with E-state index in [0.717, 1.165) is 6.07 Å². The van der Waals surface area contributed by atoms with Gasteiger partial charge in [-0.05, 0) is 67.4 Å². The summed E-state index contributed by atoms with van der Waals surface area (Å²) in [6.45, 7) is 6.08. The summed E-state index contributed by atoms with van der Waals surface area (Å²) in [6.07, 6.45) is -9.43. The molecule has 0 aromatic heterocycles. The number of ketones is 1. The van der Waals surface area contributed by atoms with E-state index < -0.39 is 127 Å². The number of esters is 3. The molecule has 2 bridgehead atoms. The first-order valence-corrected chi connectivity index (χ1v) is 24.2. The third-order valence-electron chi connectivity index (χ3n) is 14.8. The molecule has 8 rings (SSSR count). The molecular weight excluding hydrogens is 1150 g/mol. The third-order valence-corrected chi connectivity index (χ3v) is 15.2. The van der Waals surface area contributed by atoms with Crippen LogP contribution in [0.3, 0.4) is 0 Å². The molecule has 8 N–H and O–H groups in total. The van der Waals surface area contributed by atoms with Gasteiger partial charge in [-0.3, -0.25) is 24.2 Å². The number of aliphatic hydroxyl groups is 3. The molecule has 373 valence electrons. The molecule has 1 saturated heterocycles. The van der Waals surface area contributed by atoms with E-state index in [9.17, 15) is 48.8 Å². The average Bonchev–Trinajstić information content (AvgIpc) is 3.32. The van der Waals surface area contributed by atoms with Gasteiger partial charge in [0.15, 0.2) is 0 Å². The first-order chi connectivity index (χ1) is 33.0. The first-order valence-electron chi connectivity index (χ1n) is 22.7. The predicted molar refractivity (Wildman–Crippen MR) is 248 cm³/mol. The zero-order chi connectivity index (χ0) is 50.6. The third kappa shape index (κ3) is 10.3. The molecule has 20 heteroatoms. The fourth-order valence-electron chi connectivity index (χ4n) is 10.8. The Kier molecular flexibility index (Phi) is 15.7. The zero-order valence-corrected chi connectivity index (χ0v) is 44.9. The molecule has 18 nitrogen and oxygen atoms in total. The number of phosphoric ester groups is 1. The van der Waals surface area contributed by atoms with Crippen molar-refractivity contribution in [1.29, 1.82) is 0 Å². The number of aliphatic hydroxyl groups excluding tert-OH is 1. The number of ether oxygens (including phenoxy) is 4. The number of rotatable bonds is 13. The molecule has 3 fully saturated rings. The van der Waals surface area contributed by atoms with Gasteiger partial charge in [0, 0.05) is 91.5 Å². The van der Waals surface area contributed by atoms with Crippen LogP contribution in [0.5, 0.6) is 5.75 Å². The van der Waals surface area contributed by atoms with Crippen molar-refractivity contribution in [3.8, 4) is 5.75 Å². The van der Waals surface area contributed by atoms with Crippen molar-refractivity contribution < 1.29 is 121 Å². The van der Waals surface area contributed by atoms with E-state index in [1.807, 2.05) is 0 Å². The molecule has 1 aliphatic heterocycles. The van der Waals surface area contributed by atoms with Crippen LogP contribution in [0.1, 0.15) is 84.8 Å². The molecule has 1 radical (unpaired) electrons. The van der Waals surface area contributed by atoms with Gasteiger partial charge >= 0.3 is 25.7 Å². The van der Waals surface area contributed by atoms with Crippen LogP contribution in [-0.4, -0.2) is 103 Å². The van der Waals surface area contributed by atoms with E-state index in [1.54, 1.807) is 87.5 Å². The van der Waals surface area contributed by atoms with E-state index in [-0.39, 0.29) is 85.0 Å². The molecule has 1 heterocycles. The number of Topliss-reactive ketones (excluding diaryl/α,β-unsaturated/α-hetero) is 1. The second-order valence-electron chi connectivity index (χ2n) is 19.2. The van der Waals surface area contributed by atoms with Gasteiger partial charge in [0.25, 0.3) is 5.91 Å². The molecule has 71 heavy (non-hydrogen) atoms. The normalized spacial score (nSPS) is 28.4. The van der Waals surface area contributed by atoms with Crippen molar-refractivity contribution in [1.82, 2.24) is 5.32 Å². The molecule has 10 atom stereocenters. The zero-order valence-electron chi connectivity index (χ0n) is 39.3. The number of anilines is 1. The minimum absolute atomic E-state index is 0. The maximum absolute atomic E-state index is 15.2. The maximum Gasteiger partial charge on any atom is 0.524 e. The molecular formula is C51H55AcN2O16P. The van der Waals surface area contributed by atoms with Crippen LogP contribution in [0, 0.1) is 60.8 Å². The summed E-state index contributed by atoms with van der Waals surface area (Å²) < 4.78 is 41.1. The molecule has 2 saturated carbocycles. The van der Waals surface area contributed by atoms with Crippen molar-refractivity contribution in [3.05, 3.63) is 143 Å². The predicted octanol–water partition coefficient (Wildman–Crippen LogP) is 4.47. The Morgan fingerprint density at radius 1 is 0.887 bits per heavy atom. The SMILES string of the molecule is CC1=C2CC(=O)[C@]3(C)C(O)CC4OCC4(O)C3[C@H](OC(=O)c3ccccc3)C(O)(CC1OC(=O)C(OC(=O)Cc1cc(N)ccc1OP(=O)(O)O)C(NC(=O)c1ccccc1)c1ccccc1)C2(C)C.[Ac]. The molecule has 4 aromatic carbocycles. The van der Waals surface area contributed by atoms with Crippen LogP contribution in [0.15, 0.2) is 120 Å². The Balaban J connectivity index is 0.00000741. The molecule has 4 aromatic rings. The van der Waals surface area contributed by atoms with Crippen LogP contribution in [0.4, 0.5) is 5.69 Å². The molecule has 4 aliphatic rings. The van der Waals surface area contributed by atoms with Gasteiger partial charge < -0.3 is 49.8 Å². The summed E-state index contributed by atoms with van der Waals surface area (Å²) >= 11 is 0. The van der Waals surface area contributed by atoms with E-state index in [1.165, 1.54) is 43.3 Å². The van der Waals surface area contributed by atoms with Crippen molar-refractivity contribution in [2.45, 2.75) is 101 Å². The van der Waals surface area contributed by atoms with Gasteiger partial charge in [-0.1, -0.05) is 86.2 Å². The number of fused-ring (bicyclic) bond motifs is 5. The summed E-state index contributed by atoms with van der Waals surface area (Å²) in [5.74, 6) is -6.39. The smallest absolute Gasteiger partial charge is 0.455 e. The number of carbonyl (C=O) groups excluding carboxylic acids is 5. The fourth-order valence-corrected chi connectivity index (χ4v) is 11.2. The van der Waals surface area contributed by atoms with E-state index in [0.29, 0.717) is 11.1 Å². The van der Waals surface area contributed by atoms with Crippen molar-refractivity contribution >= 4 is 43.1 Å². The van der Waals surface area contributed by atoms with Crippen molar-refractivity contribution in [2.75, 3.05) is 12.3 Å². The molecule has 1 amide bonds. The minimum atomic E-state index is -5.15. The van der Waals surface area contributed by atoms with Gasteiger partial charge in [-0.15, -0.1) is 0 Å². The number of phosphoric acid groups is 1. The number of nitrogens with two attached hydrogens (primary N) is 1. The van der Waals surface area contributed by atoms with Crippen molar-refractivity contribution in [2.24, 2.45) is 16.7 Å². The van der Waals surface area contributed by atoms with Gasteiger partial charge in [0.1, 0.15) is 41.0 Å². The summed E-state index contributed by atoms with van der Waals surface area (Å²) in [5, 5.41) is 40.7. The second-order valence-corrected chi connectivity index (χ2v) is 20.4. The van der Waals surface area contributed by atoms with E-state index >= 15 is 4.79 Å². The van der Waals surface area contributed by atoms with E-state index in [4.69, 9.17) is 29.2 Å². The number of hydrogen-bond acceptors (Lipinski definition) is 15. The average molecular weight is 1210 g/mol. The Bertz CT molecular complexity index is 2770. The number of hydrogen-bond donors (Lipinski definition) is 7. The van der Waals surface area contributed by atoms with Gasteiger partial charge in [0.05, 0.1) is 36.2 Å². The monoisotopic (exact) mass is 1210 g/mol. The Labute approximate surface area is 445 Å². The number of nitrogen functional groups attached to an aromatic ring is 1. The van der Waals surface area contributed by atoms with Gasteiger partial charge in [-0.2, -0.15) is 0 Å². The Morgan fingerprint density at radius 3 is 2.08 bits per heavy atom. The second kappa shape index (κ2) is 20.6. The number of benzene rings is 4. The van der Waals surface area contributed by atoms with Gasteiger partial charge in [0.2, 0.25) is 6.10 Å². The summed E-state index contributed by atoms with van der Waals surface area (Å²) in [6, 6.07) is 26.1. The standard InChI is InChI=1S/C51H55N2O16P.Ac/c1-28-34-24-37(54)49(4)38(55)25-39-50(60,27-65-39)43(49)44(68-46(58)31-18-12-7-13-19-31)51(61,48(34,2)3)26-36(28)66-47(59)42(67-40(56)23-32-22-33(52)20-21-35(32)69-70(62,63)64)41(29-14-8-5-9-15-29)53-45(57)30-16-10-6-11-17-30;/h5-22,36,38-39,41-44,55,60-61H,23-27,52H2,1-4H3,(H,53,57)(H2,62,63,64);/t36?,38?,39?,41?,42?,43?,44-,49+,50?,51?;/m0./s1. The largest absolute Gasteiger partial charge is 0.524 e. The summed E-state index contributed by atoms with van der Waals surface area (Å²) in [5.41, 5.74) is -0.319.